The number of nitro groups is 1. The van der Waals surface area contributed by atoms with Crippen LogP contribution in [0.2, 0.25) is 0 Å². The number of piperidine rings is 1. The smallest absolute Gasteiger partial charge is 0.310 e. The van der Waals surface area contributed by atoms with E-state index in [0.717, 1.165) is 12.8 Å². The summed E-state index contributed by atoms with van der Waals surface area (Å²) in [6, 6.07) is 4.19. The number of rotatable bonds is 4. The Kier molecular flexibility index (Phi) is 4.99. The number of methoxy groups -OCH3 is 1. The standard InChI is InChI=1S/C16H18N2O4/c1-3-5-12-6-4-9-17(11-12)16(19)13-7-8-14(18(20)21)15(10-13)22-2/h1,7-8,10,12H,4-6,9,11H2,2H3/t12-/m1/s1. The maximum Gasteiger partial charge on any atom is 0.310 e. The Morgan fingerprint density at radius 3 is 3.00 bits per heavy atom. The van der Waals surface area contributed by atoms with E-state index in [1.54, 1.807) is 4.90 Å². The molecule has 1 aromatic rings. The van der Waals surface area contributed by atoms with E-state index in [4.69, 9.17) is 11.2 Å². The van der Waals surface area contributed by atoms with Crippen LogP contribution in [0.3, 0.4) is 0 Å². The molecule has 1 aliphatic heterocycles. The predicted octanol–water partition coefficient (Wildman–Crippen LogP) is 2.48. The Hall–Kier alpha value is -2.55. The molecule has 1 atom stereocenters. The molecule has 0 aliphatic carbocycles. The van der Waals surface area contributed by atoms with Gasteiger partial charge in [0.05, 0.1) is 12.0 Å². The van der Waals surface area contributed by atoms with Crippen LogP contribution in [0.25, 0.3) is 0 Å². The third kappa shape index (κ3) is 3.37. The molecule has 0 aromatic heterocycles. The molecule has 0 N–H and O–H groups in total. The van der Waals surface area contributed by atoms with Crippen LogP contribution in [0.15, 0.2) is 18.2 Å². The molecular formula is C16H18N2O4. The number of carbonyl (C=O) groups is 1. The maximum absolute atomic E-state index is 12.5. The zero-order valence-corrected chi connectivity index (χ0v) is 12.4. The van der Waals surface area contributed by atoms with E-state index < -0.39 is 4.92 Å². The van der Waals surface area contributed by atoms with E-state index in [9.17, 15) is 14.9 Å². The molecule has 1 amide bonds. The number of benzene rings is 1. The van der Waals surface area contributed by atoms with Gasteiger partial charge in [0.15, 0.2) is 5.75 Å². The maximum atomic E-state index is 12.5. The van der Waals surface area contributed by atoms with Crippen LogP contribution >= 0.6 is 0 Å². The average molecular weight is 302 g/mol. The molecule has 1 saturated heterocycles. The molecule has 1 aliphatic rings. The molecule has 0 saturated carbocycles. The molecule has 1 aromatic carbocycles. The molecule has 0 spiro atoms. The average Bonchev–Trinajstić information content (AvgIpc) is 2.54. The lowest BCUT2D eigenvalue weighted by atomic mass is 9.94. The fraction of sp³-hybridized carbons (Fsp3) is 0.438. The molecular weight excluding hydrogens is 284 g/mol. The van der Waals surface area contributed by atoms with Gasteiger partial charge in [-0.1, -0.05) is 0 Å². The minimum Gasteiger partial charge on any atom is -0.490 e. The number of ether oxygens (including phenoxy) is 1. The second-order valence-electron chi connectivity index (χ2n) is 5.31. The van der Waals surface area contributed by atoms with E-state index in [0.29, 0.717) is 31.0 Å². The lowest BCUT2D eigenvalue weighted by Crippen LogP contribution is -2.39. The second-order valence-corrected chi connectivity index (χ2v) is 5.31. The molecule has 2 rings (SSSR count). The van der Waals surface area contributed by atoms with Gasteiger partial charge in [-0.2, -0.15) is 0 Å². The Balaban J connectivity index is 2.19. The first kappa shape index (κ1) is 15.8. The topological polar surface area (TPSA) is 72.7 Å². The van der Waals surface area contributed by atoms with Crippen molar-refractivity contribution >= 4 is 11.6 Å². The largest absolute Gasteiger partial charge is 0.490 e. The van der Waals surface area contributed by atoms with Crippen LogP contribution < -0.4 is 4.74 Å². The van der Waals surface area contributed by atoms with Gasteiger partial charge in [-0.25, -0.2) is 0 Å². The summed E-state index contributed by atoms with van der Waals surface area (Å²) < 4.78 is 5.01. The van der Waals surface area contributed by atoms with Gasteiger partial charge in [0.2, 0.25) is 0 Å². The first-order chi connectivity index (χ1) is 10.6. The van der Waals surface area contributed by atoms with Crippen LogP contribution in [-0.4, -0.2) is 35.9 Å². The summed E-state index contributed by atoms with van der Waals surface area (Å²) in [6.45, 7) is 1.31. The zero-order valence-electron chi connectivity index (χ0n) is 12.4. The van der Waals surface area contributed by atoms with E-state index >= 15 is 0 Å². The second kappa shape index (κ2) is 6.94. The summed E-state index contributed by atoms with van der Waals surface area (Å²) in [5.74, 6) is 2.91. The Labute approximate surface area is 129 Å². The molecule has 116 valence electrons. The van der Waals surface area contributed by atoms with Crippen molar-refractivity contribution in [2.24, 2.45) is 5.92 Å². The molecule has 1 fully saturated rings. The van der Waals surface area contributed by atoms with Crippen LogP contribution in [0.5, 0.6) is 5.75 Å². The fourth-order valence-corrected chi connectivity index (χ4v) is 2.73. The van der Waals surface area contributed by atoms with E-state index in [1.807, 2.05) is 0 Å². The van der Waals surface area contributed by atoms with Gasteiger partial charge in [0.1, 0.15) is 0 Å². The molecule has 0 bridgehead atoms. The van der Waals surface area contributed by atoms with Crippen molar-refractivity contribution in [1.82, 2.24) is 4.90 Å². The monoisotopic (exact) mass is 302 g/mol. The van der Waals surface area contributed by atoms with Crippen LogP contribution in [0, 0.1) is 28.4 Å². The summed E-state index contributed by atoms with van der Waals surface area (Å²) in [4.78, 5) is 24.7. The summed E-state index contributed by atoms with van der Waals surface area (Å²) in [5, 5.41) is 10.9. The highest BCUT2D eigenvalue weighted by Gasteiger charge is 2.25. The van der Waals surface area contributed by atoms with Gasteiger partial charge in [0.25, 0.3) is 5.91 Å². The lowest BCUT2D eigenvalue weighted by molar-refractivity contribution is -0.385. The highest BCUT2D eigenvalue weighted by molar-refractivity contribution is 5.95. The number of hydrogen-bond donors (Lipinski definition) is 0. The zero-order chi connectivity index (χ0) is 16.1. The minimum atomic E-state index is -0.531. The van der Waals surface area contributed by atoms with Gasteiger partial charge in [-0.05, 0) is 24.8 Å². The minimum absolute atomic E-state index is 0.0908. The molecule has 6 nitrogen and oxygen atoms in total. The normalized spacial score (nSPS) is 17.6. The number of terminal acetylenes is 1. The fourth-order valence-electron chi connectivity index (χ4n) is 2.73. The Morgan fingerprint density at radius 1 is 1.59 bits per heavy atom. The molecule has 6 heteroatoms. The SMILES string of the molecule is C#CC[C@@H]1CCCN(C(=O)c2ccc([N+](=O)[O-])c(OC)c2)C1. The summed E-state index contributed by atoms with van der Waals surface area (Å²) in [7, 11) is 1.35. The Bertz CT molecular complexity index is 621. The quantitative estimate of drug-likeness (QED) is 0.486. The van der Waals surface area contributed by atoms with Gasteiger partial charge >= 0.3 is 5.69 Å². The third-order valence-corrected chi connectivity index (χ3v) is 3.84. The van der Waals surface area contributed by atoms with Crippen molar-refractivity contribution in [2.75, 3.05) is 20.2 Å². The van der Waals surface area contributed by atoms with Crippen molar-refractivity contribution in [1.29, 1.82) is 0 Å². The van der Waals surface area contributed by atoms with Crippen molar-refractivity contribution in [3.8, 4) is 18.1 Å². The number of carbonyl (C=O) groups excluding carboxylic acids is 1. The molecule has 0 radical (unpaired) electrons. The van der Waals surface area contributed by atoms with Crippen molar-refractivity contribution < 1.29 is 14.5 Å². The van der Waals surface area contributed by atoms with Crippen molar-refractivity contribution in [3.63, 3.8) is 0 Å². The highest BCUT2D eigenvalue weighted by atomic mass is 16.6. The van der Waals surface area contributed by atoms with E-state index in [1.165, 1.54) is 25.3 Å². The Morgan fingerprint density at radius 2 is 2.36 bits per heavy atom. The number of nitrogens with zero attached hydrogens (tertiary/aromatic N) is 2. The van der Waals surface area contributed by atoms with Gasteiger partial charge in [-0.15, -0.1) is 12.3 Å². The van der Waals surface area contributed by atoms with Crippen molar-refractivity contribution in [2.45, 2.75) is 19.3 Å². The molecule has 1 heterocycles. The summed E-state index contributed by atoms with van der Waals surface area (Å²) in [6.07, 6.45) is 7.95. The molecule has 22 heavy (non-hydrogen) atoms. The number of hydrogen-bond acceptors (Lipinski definition) is 4. The third-order valence-electron chi connectivity index (χ3n) is 3.84. The number of amides is 1. The lowest BCUT2D eigenvalue weighted by Gasteiger charge is -2.32. The predicted molar refractivity (Wildman–Crippen MR) is 81.7 cm³/mol. The highest BCUT2D eigenvalue weighted by Crippen LogP contribution is 2.29. The van der Waals surface area contributed by atoms with E-state index in [-0.39, 0.29) is 17.3 Å². The van der Waals surface area contributed by atoms with E-state index in [2.05, 4.69) is 5.92 Å². The summed E-state index contributed by atoms with van der Waals surface area (Å²) >= 11 is 0. The number of nitro benzene ring substituents is 1. The van der Waals surface area contributed by atoms with Crippen LogP contribution in [0.4, 0.5) is 5.69 Å². The van der Waals surface area contributed by atoms with Crippen LogP contribution in [0.1, 0.15) is 29.6 Å². The van der Waals surface area contributed by atoms with Gasteiger partial charge in [-0.3, -0.25) is 14.9 Å². The first-order valence-corrected chi connectivity index (χ1v) is 7.12. The summed E-state index contributed by atoms with van der Waals surface area (Å²) in [5.41, 5.74) is 0.242. The van der Waals surface area contributed by atoms with Gasteiger partial charge in [0, 0.05) is 37.2 Å². The van der Waals surface area contributed by atoms with Crippen molar-refractivity contribution in [3.05, 3.63) is 33.9 Å². The molecule has 0 unspecified atom stereocenters. The van der Waals surface area contributed by atoms with Gasteiger partial charge < -0.3 is 9.64 Å². The van der Waals surface area contributed by atoms with Crippen LogP contribution in [-0.2, 0) is 0 Å². The number of likely N-dealkylation sites (tertiary alicyclic amines) is 1. The first-order valence-electron chi connectivity index (χ1n) is 7.12.